The van der Waals surface area contributed by atoms with Crippen LogP contribution >= 0.6 is 0 Å². The third-order valence-electron chi connectivity index (χ3n) is 3.20. The molecule has 1 aromatic carbocycles. The zero-order chi connectivity index (χ0) is 15.7. The molecule has 0 heterocycles. The zero-order valence-electron chi connectivity index (χ0n) is 12.3. The van der Waals surface area contributed by atoms with E-state index in [1.54, 1.807) is 0 Å². The highest BCUT2D eigenvalue weighted by Gasteiger charge is 2.29. The first-order chi connectivity index (χ1) is 10.1. The van der Waals surface area contributed by atoms with E-state index < -0.39 is 17.9 Å². The van der Waals surface area contributed by atoms with Crippen molar-refractivity contribution >= 4 is 17.7 Å². The Morgan fingerprint density at radius 1 is 1.05 bits per heavy atom. The van der Waals surface area contributed by atoms with Crippen LogP contribution in [0, 0.1) is 5.92 Å². The Bertz CT molecular complexity index is 481. The molecule has 0 aliphatic carbocycles. The van der Waals surface area contributed by atoms with Gasteiger partial charge in [-0.2, -0.15) is 0 Å². The number of esters is 2. The maximum absolute atomic E-state index is 12.1. The van der Waals surface area contributed by atoms with Crippen LogP contribution in [-0.4, -0.2) is 31.9 Å². The highest BCUT2D eigenvalue weighted by Crippen LogP contribution is 2.14. The summed E-state index contributed by atoms with van der Waals surface area (Å²) >= 11 is 0. The van der Waals surface area contributed by atoms with Gasteiger partial charge in [0, 0.05) is 6.42 Å². The van der Waals surface area contributed by atoms with E-state index in [4.69, 9.17) is 0 Å². The fourth-order valence-corrected chi connectivity index (χ4v) is 2.01. The molecule has 21 heavy (non-hydrogen) atoms. The summed E-state index contributed by atoms with van der Waals surface area (Å²) in [5.74, 6) is -2.65. The minimum atomic E-state index is -1.07. The van der Waals surface area contributed by atoms with E-state index in [1.807, 2.05) is 30.3 Å². The number of Topliss-reactive ketones (excluding diaryl/α,β-unsaturated/α-hetero) is 1. The van der Waals surface area contributed by atoms with Crippen LogP contribution in [0.5, 0.6) is 0 Å². The van der Waals surface area contributed by atoms with Gasteiger partial charge in [0.2, 0.25) is 0 Å². The number of methoxy groups -OCH3 is 2. The number of benzene rings is 1. The van der Waals surface area contributed by atoms with E-state index in [1.165, 1.54) is 14.2 Å². The van der Waals surface area contributed by atoms with Gasteiger partial charge in [-0.15, -0.1) is 0 Å². The number of rotatable bonds is 8. The summed E-state index contributed by atoms with van der Waals surface area (Å²) in [5.41, 5.74) is 1.13. The van der Waals surface area contributed by atoms with Crippen molar-refractivity contribution in [2.75, 3.05) is 14.2 Å². The van der Waals surface area contributed by atoms with E-state index in [0.717, 1.165) is 12.0 Å². The van der Waals surface area contributed by atoms with Crippen LogP contribution in [0.1, 0.15) is 24.8 Å². The van der Waals surface area contributed by atoms with Crippen LogP contribution in [0.2, 0.25) is 0 Å². The minimum Gasteiger partial charge on any atom is -0.469 e. The van der Waals surface area contributed by atoms with Gasteiger partial charge in [0.1, 0.15) is 11.7 Å². The largest absolute Gasteiger partial charge is 0.469 e. The normalized spacial score (nSPS) is 11.5. The number of carbonyl (C=O) groups excluding carboxylic acids is 3. The SMILES string of the molecule is COC(=O)CC(C(=O)CCCc1ccccc1)C(=O)OC. The molecule has 0 aromatic heterocycles. The molecule has 0 saturated carbocycles. The van der Waals surface area contributed by atoms with Gasteiger partial charge in [-0.3, -0.25) is 14.4 Å². The van der Waals surface area contributed by atoms with E-state index in [2.05, 4.69) is 9.47 Å². The number of aryl methyl sites for hydroxylation is 1. The van der Waals surface area contributed by atoms with Gasteiger partial charge >= 0.3 is 11.9 Å². The van der Waals surface area contributed by atoms with Gasteiger partial charge in [-0.25, -0.2) is 0 Å². The smallest absolute Gasteiger partial charge is 0.316 e. The number of ketones is 1. The highest BCUT2D eigenvalue weighted by atomic mass is 16.5. The fraction of sp³-hybridized carbons (Fsp3) is 0.438. The van der Waals surface area contributed by atoms with Gasteiger partial charge < -0.3 is 9.47 Å². The quantitative estimate of drug-likeness (QED) is 0.541. The van der Waals surface area contributed by atoms with Crippen molar-refractivity contribution in [1.29, 1.82) is 0 Å². The summed E-state index contributed by atoms with van der Waals surface area (Å²) in [6, 6.07) is 9.77. The van der Waals surface area contributed by atoms with E-state index >= 15 is 0 Å². The first-order valence-corrected chi connectivity index (χ1v) is 6.79. The molecule has 5 heteroatoms. The van der Waals surface area contributed by atoms with Crippen molar-refractivity contribution in [3.8, 4) is 0 Å². The second-order valence-electron chi connectivity index (χ2n) is 4.66. The molecular formula is C16H20O5. The number of carbonyl (C=O) groups is 3. The molecule has 0 N–H and O–H groups in total. The van der Waals surface area contributed by atoms with Crippen molar-refractivity contribution in [3.05, 3.63) is 35.9 Å². The van der Waals surface area contributed by atoms with Gasteiger partial charge in [0.25, 0.3) is 0 Å². The lowest BCUT2D eigenvalue weighted by Crippen LogP contribution is -2.28. The van der Waals surface area contributed by atoms with Gasteiger partial charge in [-0.1, -0.05) is 30.3 Å². The maximum Gasteiger partial charge on any atom is 0.316 e. The molecule has 0 radical (unpaired) electrons. The lowest BCUT2D eigenvalue weighted by atomic mass is 9.95. The molecule has 0 fully saturated rings. The molecule has 0 bridgehead atoms. The van der Waals surface area contributed by atoms with Crippen molar-refractivity contribution in [2.45, 2.75) is 25.7 Å². The van der Waals surface area contributed by atoms with Crippen molar-refractivity contribution in [2.24, 2.45) is 5.92 Å². The molecule has 1 atom stereocenters. The summed E-state index contributed by atoms with van der Waals surface area (Å²) < 4.78 is 9.08. The zero-order valence-corrected chi connectivity index (χ0v) is 12.3. The predicted molar refractivity (Wildman–Crippen MR) is 76.5 cm³/mol. The average Bonchev–Trinajstić information content (AvgIpc) is 2.52. The molecule has 0 aliphatic rings. The molecule has 1 rings (SSSR count). The standard InChI is InChI=1S/C16H20O5/c1-20-15(18)11-13(16(19)21-2)14(17)10-6-9-12-7-4-3-5-8-12/h3-5,7-8,13H,6,9-11H2,1-2H3. The maximum atomic E-state index is 12.1. The summed E-state index contributed by atoms with van der Waals surface area (Å²) in [6.45, 7) is 0. The van der Waals surface area contributed by atoms with E-state index in [9.17, 15) is 14.4 Å². The van der Waals surface area contributed by atoms with Crippen LogP contribution in [0.15, 0.2) is 30.3 Å². The van der Waals surface area contributed by atoms with Gasteiger partial charge in [0.15, 0.2) is 0 Å². The topological polar surface area (TPSA) is 69.7 Å². The molecule has 0 saturated heterocycles. The summed E-state index contributed by atoms with van der Waals surface area (Å²) in [4.78, 5) is 34.9. The Morgan fingerprint density at radius 3 is 2.29 bits per heavy atom. The van der Waals surface area contributed by atoms with Crippen molar-refractivity contribution in [1.82, 2.24) is 0 Å². The number of hydrogen-bond donors (Lipinski definition) is 0. The Labute approximate surface area is 124 Å². The van der Waals surface area contributed by atoms with E-state index in [0.29, 0.717) is 6.42 Å². The van der Waals surface area contributed by atoms with Crippen LogP contribution in [0.3, 0.4) is 0 Å². The van der Waals surface area contributed by atoms with Crippen LogP contribution in [-0.2, 0) is 30.3 Å². The molecular weight excluding hydrogens is 272 g/mol. The molecule has 1 aromatic rings. The monoisotopic (exact) mass is 292 g/mol. The molecule has 0 aliphatic heterocycles. The Hall–Kier alpha value is -2.17. The molecule has 0 amide bonds. The van der Waals surface area contributed by atoms with Crippen LogP contribution < -0.4 is 0 Å². The fourth-order valence-electron chi connectivity index (χ4n) is 2.01. The summed E-state index contributed by atoms with van der Waals surface area (Å²) in [6.07, 6.45) is 1.33. The lowest BCUT2D eigenvalue weighted by Gasteiger charge is -2.12. The first-order valence-electron chi connectivity index (χ1n) is 6.79. The summed E-state index contributed by atoms with van der Waals surface area (Å²) in [7, 11) is 2.42. The molecule has 0 spiro atoms. The third-order valence-corrected chi connectivity index (χ3v) is 3.20. The lowest BCUT2D eigenvalue weighted by molar-refractivity contribution is -0.155. The predicted octanol–water partition coefficient (Wildman–Crippen LogP) is 1.93. The van der Waals surface area contributed by atoms with Crippen LogP contribution in [0.25, 0.3) is 0 Å². The highest BCUT2D eigenvalue weighted by molar-refractivity contribution is 6.01. The van der Waals surface area contributed by atoms with Crippen molar-refractivity contribution in [3.63, 3.8) is 0 Å². The van der Waals surface area contributed by atoms with Gasteiger partial charge in [0.05, 0.1) is 20.6 Å². The second kappa shape index (κ2) is 8.89. The number of hydrogen-bond acceptors (Lipinski definition) is 5. The minimum absolute atomic E-state index is 0.228. The van der Waals surface area contributed by atoms with Crippen LogP contribution in [0.4, 0.5) is 0 Å². The van der Waals surface area contributed by atoms with Gasteiger partial charge in [-0.05, 0) is 18.4 Å². The van der Waals surface area contributed by atoms with E-state index in [-0.39, 0.29) is 18.6 Å². The van der Waals surface area contributed by atoms with Crippen molar-refractivity contribution < 1.29 is 23.9 Å². The average molecular weight is 292 g/mol. The number of ether oxygens (including phenoxy) is 2. The Balaban J connectivity index is 2.52. The first kappa shape index (κ1) is 16.9. The Kier molecular flexibility index (Phi) is 7.15. The summed E-state index contributed by atoms with van der Waals surface area (Å²) in [5, 5.41) is 0. The molecule has 5 nitrogen and oxygen atoms in total. The molecule has 114 valence electrons. The molecule has 1 unspecified atom stereocenters. The Morgan fingerprint density at radius 2 is 1.71 bits per heavy atom. The second-order valence-corrected chi connectivity index (χ2v) is 4.66. The third kappa shape index (κ3) is 5.77.